The van der Waals surface area contributed by atoms with E-state index in [9.17, 15) is 14.7 Å². The number of alkyl carbamates (subject to hydrolysis) is 1. The van der Waals surface area contributed by atoms with Crippen molar-refractivity contribution < 1.29 is 24.0 Å². The van der Waals surface area contributed by atoms with Gasteiger partial charge in [0, 0.05) is 11.3 Å². The van der Waals surface area contributed by atoms with Crippen molar-refractivity contribution in [2.75, 3.05) is 12.4 Å². The fourth-order valence-electron chi connectivity index (χ4n) is 4.02. The highest BCUT2D eigenvalue weighted by atomic mass is 32.2. The topological polar surface area (TPSA) is 115 Å². The second kappa shape index (κ2) is 10.5. The number of rotatable bonds is 9. The maximum Gasteiger partial charge on any atom is 0.407 e. The fraction of sp³-hybridized carbons (Fsp3) is 0.385. The quantitative estimate of drug-likeness (QED) is 0.399. The van der Waals surface area contributed by atoms with E-state index in [0.717, 1.165) is 22.3 Å². The number of hydrogen-bond donors (Lipinski definition) is 2. The number of aromatic nitrogens is 2. The minimum atomic E-state index is -1.10. The third kappa shape index (κ3) is 5.85. The molecule has 0 saturated carbocycles. The Hall–Kier alpha value is -3.33. The average Bonchev–Trinajstić information content (AvgIpc) is 3.43. The molecule has 0 radical (unpaired) electrons. The summed E-state index contributed by atoms with van der Waals surface area (Å²) in [6.45, 7) is 6.10. The molecule has 0 bridgehead atoms. The normalized spacial score (nSPS) is 13.7. The molecule has 9 heteroatoms. The van der Waals surface area contributed by atoms with Gasteiger partial charge in [-0.25, -0.2) is 9.59 Å². The number of nitrogens with one attached hydrogen (secondary N) is 1. The molecule has 1 amide bonds. The first-order chi connectivity index (χ1) is 16.7. The summed E-state index contributed by atoms with van der Waals surface area (Å²) in [4.78, 5) is 28.5. The van der Waals surface area contributed by atoms with Crippen molar-refractivity contribution in [3.63, 3.8) is 0 Å². The predicted octanol–water partition coefficient (Wildman–Crippen LogP) is 4.98. The number of hydrogen-bond acceptors (Lipinski definition) is 7. The second-order valence-corrected chi connectivity index (χ2v) is 10.6. The summed E-state index contributed by atoms with van der Waals surface area (Å²) in [5, 5.41) is 16.0. The van der Waals surface area contributed by atoms with Crippen LogP contribution < -0.4 is 5.32 Å². The summed E-state index contributed by atoms with van der Waals surface area (Å²) in [5.41, 5.74) is 4.24. The van der Waals surface area contributed by atoms with Crippen LogP contribution in [0.25, 0.3) is 11.1 Å². The number of nitrogens with zero attached hydrogens (tertiary/aromatic N) is 2. The lowest BCUT2D eigenvalue weighted by molar-refractivity contribution is -0.139. The van der Waals surface area contributed by atoms with Gasteiger partial charge in [-0.3, -0.25) is 0 Å². The Morgan fingerprint density at radius 3 is 2.31 bits per heavy atom. The van der Waals surface area contributed by atoms with Gasteiger partial charge in [-0.15, -0.1) is 0 Å². The maximum atomic E-state index is 12.5. The molecular formula is C26H29N3O5S. The zero-order valence-electron chi connectivity index (χ0n) is 20.0. The SMILES string of the molecule is CC(C)(C)c1nc(CSCCC(NC(=O)OCC2c3ccccc3-c3ccccc32)C(=O)O)no1. The largest absolute Gasteiger partial charge is 0.480 e. The highest BCUT2D eigenvalue weighted by Gasteiger charge is 2.29. The van der Waals surface area contributed by atoms with Crippen LogP contribution in [0.1, 0.15) is 56.0 Å². The molecule has 1 aromatic heterocycles. The summed E-state index contributed by atoms with van der Waals surface area (Å²) < 4.78 is 10.7. The smallest absolute Gasteiger partial charge is 0.407 e. The molecule has 1 aliphatic rings. The molecule has 0 aliphatic heterocycles. The number of carbonyl (C=O) groups excluding carboxylic acids is 1. The van der Waals surface area contributed by atoms with E-state index in [1.165, 1.54) is 11.8 Å². The zero-order valence-corrected chi connectivity index (χ0v) is 20.8. The van der Waals surface area contributed by atoms with Crippen LogP contribution in [0, 0.1) is 0 Å². The van der Waals surface area contributed by atoms with Gasteiger partial charge in [-0.05, 0) is 34.4 Å². The summed E-state index contributed by atoms with van der Waals surface area (Å²) in [6.07, 6.45) is -0.494. The summed E-state index contributed by atoms with van der Waals surface area (Å²) in [6, 6.07) is 15.1. The van der Waals surface area contributed by atoms with Gasteiger partial charge >= 0.3 is 12.1 Å². The highest BCUT2D eigenvalue weighted by Crippen LogP contribution is 2.44. The molecule has 0 spiro atoms. The first-order valence-corrected chi connectivity index (χ1v) is 12.6. The summed E-state index contributed by atoms with van der Waals surface area (Å²) >= 11 is 1.48. The molecule has 8 nitrogen and oxygen atoms in total. The molecule has 1 aliphatic carbocycles. The highest BCUT2D eigenvalue weighted by molar-refractivity contribution is 7.98. The van der Waals surface area contributed by atoms with E-state index in [-0.39, 0.29) is 24.4 Å². The van der Waals surface area contributed by atoms with Crippen molar-refractivity contribution in [2.24, 2.45) is 0 Å². The lowest BCUT2D eigenvalue weighted by atomic mass is 9.97. The van der Waals surface area contributed by atoms with Gasteiger partial charge in [0.25, 0.3) is 0 Å². The number of amides is 1. The Morgan fingerprint density at radius 1 is 1.11 bits per heavy atom. The van der Waals surface area contributed by atoms with Gasteiger partial charge < -0.3 is 19.7 Å². The van der Waals surface area contributed by atoms with E-state index in [2.05, 4.69) is 27.6 Å². The molecule has 35 heavy (non-hydrogen) atoms. The standard InChI is InChI=1S/C26H29N3O5S/c1-26(2,3)24-28-22(29-34-24)15-35-13-12-21(23(30)31)27-25(32)33-14-20-18-10-6-4-8-16(18)17-9-5-7-11-19(17)20/h4-11,20-21H,12-15H2,1-3H3,(H,27,32)(H,30,31). The van der Waals surface area contributed by atoms with Gasteiger partial charge in [-0.2, -0.15) is 16.7 Å². The number of ether oxygens (including phenoxy) is 1. The van der Waals surface area contributed by atoms with Crippen molar-refractivity contribution in [1.29, 1.82) is 0 Å². The number of fused-ring (bicyclic) bond motifs is 3. The molecule has 1 unspecified atom stereocenters. The fourth-order valence-corrected chi connectivity index (χ4v) is 4.87. The first-order valence-electron chi connectivity index (χ1n) is 11.5. The van der Waals surface area contributed by atoms with Crippen LogP contribution >= 0.6 is 11.8 Å². The van der Waals surface area contributed by atoms with E-state index in [1.807, 2.05) is 57.2 Å². The molecule has 2 aromatic carbocycles. The molecule has 184 valence electrons. The van der Waals surface area contributed by atoms with Crippen molar-refractivity contribution in [2.45, 2.75) is 50.3 Å². The molecule has 2 N–H and O–H groups in total. The van der Waals surface area contributed by atoms with Crippen LogP contribution in [0.15, 0.2) is 53.1 Å². The first kappa shape index (κ1) is 24.8. The molecule has 1 atom stereocenters. The number of thioether (sulfide) groups is 1. The maximum absolute atomic E-state index is 12.5. The van der Waals surface area contributed by atoms with Crippen molar-refractivity contribution in [3.8, 4) is 11.1 Å². The number of carbonyl (C=O) groups is 2. The number of carboxylic acids is 1. The summed E-state index contributed by atoms with van der Waals surface area (Å²) in [5.74, 6) is 0.940. The van der Waals surface area contributed by atoms with E-state index < -0.39 is 18.1 Å². The lowest BCUT2D eigenvalue weighted by Crippen LogP contribution is -2.41. The van der Waals surface area contributed by atoms with Crippen LogP contribution in [-0.4, -0.2) is 45.7 Å². The van der Waals surface area contributed by atoms with E-state index >= 15 is 0 Å². The number of aliphatic carboxylic acids is 1. The van der Waals surface area contributed by atoms with E-state index in [1.54, 1.807) is 0 Å². The molecule has 4 rings (SSSR count). The molecular weight excluding hydrogens is 466 g/mol. The van der Waals surface area contributed by atoms with Crippen LogP contribution in [0.2, 0.25) is 0 Å². The minimum absolute atomic E-state index is 0.0834. The van der Waals surface area contributed by atoms with Gasteiger partial charge in [0.05, 0.1) is 5.75 Å². The van der Waals surface area contributed by atoms with Gasteiger partial charge in [0.15, 0.2) is 5.82 Å². The van der Waals surface area contributed by atoms with Crippen LogP contribution in [0.4, 0.5) is 4.79 Å². The van der Waals surface area contributed by atoms with Crippen LogP contribution in [0.3, 0.4) is 0 Å². The third-order valence-corrected chi connectivity index (χ3v) is 6.81. The average molecular weight is 496 g/mol. The third-order valence-electron chi connectivity index (χ3n) is 5.83. The number of carboxylic acid groups (broad SMARTS) is 1. The van der Waals surface area contributed by atoms with Gasteiger partial charge in [0.1, 0.15) is 12.6 Å². The molecule has 3 aromatic rings. The summed E-state index contributed by atoms with van der Waals surface area (Å²) in [7, 11) is 0. The predicted molar refractivity (Wildman–Crippen MR) is 133 cm³/mol. The Kier molecular flexibility index (Phi) is 7.45. The Balaban J connectivity index is 1.27. The molecule has 1 heterocycles. The van der Waals surface area contributed by atoms with Gasteiger partial charge in [0.2, 0.25) is 5.89 Å². The molecule has 0 saturated heterocycles. The zero-order chi connectivity index (χ0) is 25.0. The number of benzene rings is 2. The van der Waals surface area contributed by atoms with Crippen LogP contribution in [0.5, 0.6) is 0 Å². The second-order valence-electron chi connectivity index (χ2n) is 9.47. The molecule has 0 fully saturated rings. The Bertz CT molecular complexity index is 1160. The van der Waals surface area contributed by atoms with E-state index in [0.29, 0.717) is 23.2 Å². The Morgan fingerprint density at radius 2 is 1.74 bits per heavy atom. The van der Waals surface area contributed by atoms with Crippen molar-refractivity contribution in [3.05, 3.63) is 71.4 Å². The van der Waals surface area contributed by atoms with Crippen molar-refractivity contribution >= 4 is 23.8 Å². The van der Waals surface area contributed by atoms with Crippen LogP contribution in [-0.2, 0) is 20.7 Å². The van der Waals surface area contributed by atoms with Gasteiger partial charge in [-0.1, -0.05) is 74.5 Å². The lowest BCUT2D eigenvalue weighted by Gasteiger charge is -2.17. The Labute approximate surface area is 208 Å². The van der Waals surface area contributed by atoms with Crippen molar-refractivity contribution in [1.82, 2.24) is 15.5 Å². The van der Waals surface area contributed by atoms with E-state index in [4.69, 9.17) is 9.26 Å². The monoisotopic (exact) mass is 495 g/mol. The minimum Gasteiger partial charge on any atom is -0.480 e.